The third-order valence-electron chi connectivity index (χ3n) is 6.03. The van der Waals surface area contributed by atoms with Crippen LogP contribution in [0.5, 0.6) is 0 Å². The Bertz CT molecular complexity index is 683. The number of nitrogens with zero attached hydrogens (tertiary/aromatic N) is 1. The molecule has 0 bridgehead atoms. The van der Waals surface area contributed by atoms with Crippen molar-refractivity contribution in [1.82, 2.24) is 10.2 Å². The molecule has 1 aliphatic carbocycles. The number of carbonyl (C=O) groups is 1. The van der Waals surface area contributed by atoms with Gasteiger partial charge in [0.05, 0.1) is 5.92 Å². The Hall–Kier alpha value is -2.13. The molecule has 26 heavy (non-hydrogen) atoms. The predicted molar refractivity (Wildman–Crippen MR) is 105 cm³/mol. The van der Waals surface area contributed by atoms with Crippen LogP contribution >= 0.6 is 0 Å². The topological polar surface area (TPSA) is 32.3 Å². The van der Waals surface area contributed by atoms with Gasteiger partial charge >= 0.3 is 0 Å². The quantitative estimate of drug-likeness (QED) is 0.865. The average molecular weight is 348 g/mol. The molecule has 0 spiro atoms. The average Bonchev–Trinajstić information content (AvgIpc) is 3.47. The zero-order valence-electron chi connectivity index (χ0n) is 15.4. The second-order valence-corrected chi connectivity index (χ2v) is 7.65. The number of piperidine rings is 1. The molecule has 136 valence electrons. The minimum atomic E-state index is -0.155. The molecule has 0 radical (unpaired) electrons. The van der Waals surface area contributed by atoms with Crippen molar-refractivity contribution in [3.8, 4) is 0 Å². The largest absolute Gasteiger partial charge is 0.355 e. The molecule has 1 N–H and O–H groups in total. The Morgan fingerprint density at radius 1 is 0.923 bits per heavy atom. The van der Waals surface area contributed by atoms with Gasteiger partial charge in [0.2, 0.25) is 5.91 Å². The van der Waals surface area contributed by atoms with Gasteiger partial charge in [0.1, 0.15) is 0 Å². The van der Waals surface area contributed by atoms with Crippen LogP contribution in [0.15, 0.2) is 60.7 Å². The van der Waals surface area contributed by atoms with Crippen molar-refractivity contribution in [3.05, 3.63) is 71.8 Å². The van der Waals surface area contributed by atoms with Crippen LogP contribution in [0, 0.1) is 5.92 Å². The number of hydrogen-bond donors (Lipinski definition) is 1. The Kier molecular flexibility index (Phi) is 5.07. The molecule has 1 saturated carbocycles. The van der Waals surface area contributed by atoms with Gasteiger partial charge in [-0.3, -0.25) is 4.79 Å². The molecule has 1 heterocycles. The van der Waals surface area contributed by atoms with Crippen LogP contribution in [0.3, 0.4) is 0 Å². The Morgan fingerprint density at radius 3 is 2.08 bits per heavy atom. The summed E-state index contributed by atoms with van der Waals surface area (Å²) in [7, 11) is 0. The lowest BCUT2D eigenvalue weighted by molar-refractivity contribution is -0.122. The minimum absolute atomic E-state index is 0.0358. The van der Waals surface area contributed by atoms with Gasteiger partial charge in [0.15, 0.2) is 0 Å². The van der Waals surface area contributed by atoms with Crippen LogP contribution in [-0.4, -0.2) is 37.0 Å². The van der Waals surface area contributed by atoms with Crippen LogP contribution in [-0.2, 0) is 10.2 Å². The smallest absolute Gasteiger partial charge is 0.224 e. The van der Waals surface area contributed by atoms with Crippen molar-refractivity contribution in [2.45, 2.75) is 31.1 Å². The number of nitrogens with one attached hydrogen (secondary N) is 1. The fourth-order valence-corrected chi connectivity index (χ4v) is 4.50. The first-order chi connectivity index (χ1) is 12.8. The third kappa shape index (κ3) is 3.41. The van der Waals surface area contributed by atoms with Gasteiger partial charge < -0.3 is 10.2 Å². The number of amides is 1. The molecule has 1 amide bonds. The lowest BCUT2D eigenvalue weighted by Gasteiger charge is -2.26. The monoisotopic (exact) mass is 348 g/mol. The zero-order chi connectivity index (χ0) is 17.8. The molecule has 3 heteroatoms. The lowest BCUT2D eigenvalue weighted by Crippen LogP contribution is -2.38. The molecule has 2 aromatic carbocycles. The summed E-state index contributed by atoms with van der Waals surface area (Å²) in [5.74, 6) is 0.239. The van der Waals surface area contributed by atoms with Crippen molar-refractivity contribution in [1.29, 1.82) is 0 Å². The van der Waals surface area contributed by atoms with E-state index in [0.29, 0.717) is 0 Å². The summed E-state index contributed by atoms with van der Waals surface area (Å²) >= 11 is 0. The van der Waals surface area contributed by atoms with E-state index in [9.17, 15) is 4.79 Å². The summed E-state index contributed by atoms with van der Waals surface area (Å²) in [5.41, 5.74) is 2.35. The summed E-state index contributed by atoms with van der Waals surface area (Å²) in [5, 5.41) is 3.21. The van der Waals surface area contributed by atoms with Gasteiger partial charge in [-0.25, -0.2) is 0 Å². The normalized spacial score (nSPS) is 21.9. The summed E-state index contributed by atoms with van der Waals surface area (Å²) in [4.78, 5) is 15.4. The van der Waals surface area contributed by atoms with Crippen molar-refractivity contribution >= 4 is 5.91 Å². The molecule has 1 saturated heterocycles. The van der Waals surface area contributed by atoms with Crippen LogP contribution in [0.4, 0.5) is 0 Å². The van der Waals surface area contributed by atoms with E-state index in [0.717, 1.165) is 19.5 Å². The lowest BCUT2D eigenvalue weighted by atomic mass is 9.85. The Balaban J connectivity index is 1.44. The van der Waals surface area contributed by atoms with E-state index >= 15 is 0 Å². The first-order valence-corrected chi connectivity index (χ1v) is 9.92. The van der Waals surface area contributed by atoms with E-state index in [1.54, 1.807) is 0 Å². The van der Waals surface area contributed by atoms with Gasteiger partial charge in [-0.15, -0.1) is 0 Å². The molecule has 3 nitrogen and oxygen atoms in total. The first-order valence-electron chi connectivity index (χ1n) is 9.92. The summed E-state index contributed by atoms with van der Waals surface area (Å²) in [6.07, 6.45) is 4.83. The van der Waals surface area contributed by atoms with E-state index < -0.39 is 0 Å². The highest BCUT2D eigenvalue weighted by molar-refractivity contribution is 5.86. The van der Waals surface area contributed by atoms with Crippen LogP contribution in [0.25, 0.3) is 0 Å². The van der Waals surface area contributed by atoms with E-state index in [1.165, 1.54) is 43.5 Å². The Morgan fingerprint density at radius 2 is 1.50 bits per heavy atom. The zero-order valence-corrected chi connectivity index (χ0v) is 15.4. The number of likely N-dealkylation sites (tertiary alicyclic amines) is 1. The highest BCUT2D eigenvalue weighted by Crippen LogP contribution is 2.58. The van der Waals surface area contributed by atoms with Gasteiger partial charge in [-0.05, 0) is 43.5 Å². The van der Waals surface area contributed by atoms with Gasteiger partial charge in [-0.1, -0.05) is 67.1 Å². The molecule has 1 atom stereocenters. The standard InChI is InChI=1S/C23H28N2O/c26-22(24-14-17-25-15-8-3-9-16-25)21-18-23(21,19-10-4-1-5-11-19)20-12-6-2-7-13-20/h1-2,4-7,10-13,21H,3,8-9,14-18H2,(H,24,26). The second-order valence-electron chi connectivity index (χ2n) is 7.65. The van der Waals surface area contributed by atoms with E-state index in [-0.39, 0.29) is 17.2 Å². The minimum Gasteiger partial charge on any atom is -0.355 e. The highest BCUT2D eigenvalue weighted by atomic mass is 16.2. The van der Waals surface area contributed by atoms with Crippen molar-refractivity contribution < 1.29 is 4.79 Å². The SMILES string of the molecule is O=C(NCCN1CCCCC1)C1CC1(c1ccccc1)c1ccccc1. The molecule has 0 aromatic heterocycles. The molecule has 4 rings (SSSR count). The maximum absolute atomic E-state index is 12.9. The summed E-state index contributed by atoms with van der Waals surface area (Å²) < 4.78 is 0. The van der Waals surface area contributed by atoms with Crippen LogP contribution in [0.1, 0.15) is 36.8 Å². The van der Waals surface area contributed by atoms with Gasteiger partial charge in [-0.2, -0.15) is 0 Å². The molecular weight excluding hydrogens is 320 g/mol. The molecule has 1 unspecified atom stereocenters. The summed E-state index contributed by atoms with van der Waals surface area (Å²) in [6, 6.07) is 21.0. The molecule has 2 fully saturated rings. The first kappa shape index (κ1) is 17.3. The van der Waals surface area contributed by atoms with Crippen LogP contribution in [0.2, 0.25) is 0 Å². The van der Waals surface area contributed by atoms with Crippen LogP contribution < -0.4 is 5.32 Å². The molecule has 1 aliphatic heterocycles. The van der Waals surface area contributed by atoms with E-state index in [4.69, 9.17) is 0 Å². The predicted octanol–water partition coefficient (Wildman–Crippen LogP) is 3.59. The number of carbonyl (C=O) groups excluding carboxylic acids is 1. The van der Waals surface area contributed by atoms with E-state index in [1.807, 2.05) is 12.1 Å². The number of rotatable bonds is 6. The second kappa shape index (κ2) is 7.63. The van der Waals surface area contributed by atoms with Crippen molar-refractivity contribution in [3.63, 3.8) is 0 Å². The summed E-state index contributed by atoms with van der Waals surface area (Å²) in [6.45, 7) is 4.09. The maximum atomic E-state index is 12.9. The molecular formula is C23H28N2O. The van der Waals surface area contributed by atoms with Gasteiger partial charge in [0, 0.05) is 18.5 Å². The molecule has 2 aromatic rings. The van der Waals surface area contributed by atoms with Crippen molar-refractivity contribution in [2.75, 3.05) is 26.2 Å². The maximum Gasteiger partial charge on any atom is 0.224 e. The Labute approximate surface area is 156 Å². The fraction of sp³-hybridized carbons (Fsp3) is 0.435. The van der Waals surface area contributed by atoms with Crippen molar-refractivity contribution in [2.24, 2.45) is 5.92 Å². The molecule has 2 aliphatic rings. The third-order valence-corrected chi connectivity index (χ3v) is 6.03. The van der Waals surface area contributed by atoms with Gasteiger partial charge in [0.25, 0.3) is 0 Å². The highest BCUT2D eigenvalue weighted by Gasteiger charge is 2.60. The van der Waals surface area contributed by atoms with E-state index in [2.05, 4.69) is 58.7 Å². The number of benzene rings is 2. The fourth-order valence-electron chi connectivity index (χ4n) is 4.50. The number of hydrogen-bond acceptors (Lipinski definition) is 2.